The van der Waals surface area contributed by atoms with Gasteiger partial charge < -0.3 is 10.5 Å². The molecule has 0 saturated heterocycles. The molecule has 1 heterocycles. The molecule has 0 atom stereocenters. The average Bonchev–Trinajstić information content (AvgIpc) is 2.35. The van der Waals surface area contributed by atoms with Crippen molar-refractivity contribution in [2.75, 3.05) is 0 Å². The second kappa shape index (κ2) is 4.97. The van der Waals surface area contributed by atoms with Crippen LogP contribution in [0.2, 0.25) is 0 Å². The van der Waals surface area contributed by atoms with E-state index in [0.29, 0.717) is 6.54 Å². The summed E-state index contributed by atoms with van der Waals surface area (Å²) in [6.45, 7) is 4.61. The molecule has 88 valence electrons. The number of pyridine rings is 1. The molecule has 0 fully saturated rings. The molecule has 17 heavy (non-hydrogen) atoms. The van der Waals surface area contributed by atoms with Crippen LogP contribution in [0.15, 0.2) is 36.7 Å². The van der Waals surface area contributed by atoms with Gasteiger partial charge in [-0.1, -0.05) is 12.1 Å². The molecule has 0 unspecified atom stereocenters. The molecule has 2 rings (SSSR count). The van der Waals surface area contributed by atoms with Crippen molar-refractivity contribution in [1.82, 2.24) is 4.98 Å². The second-order valence-electron chi connectivity index (χ2n) is 4.05. The van der Waals surface area contributed by atoms with E-state index in [2.05, 4.69) is 17.1 Å². The summed E-state index contributed by atoms with van der Waals surface area (Å²) in [5, 5.41) is 0. The lowest BCUT2D eigenvalue weighted by Gasteiger charge is -2.13. The Balaban J connectivity index is 2.33. The third kappa shape index (κ3) is 2.63. The van der Waals surface area contributed by atoms with E-state index in [4.69, 9.17) is 10.5 Å². The highest BCUT2D eigenvalue weighted by Crippen LogP contribution is 2.29. The van der Waals surface area contributed by atoms with Crippen LogP contribution < -0.4 is 10.5 Å². The minimum absolute atomic E-state index is 0.553. The highest BCUT2D eigenvalue weighted by molar-refractivity contribution is 5.45. The van der Waals surface area contributed by atoms with Crippen molar-refractivity contribution in [3.8, 4) is 11.5 Å². The first kappa shape index (κ1) is 11.6. The Hall–Kier alpha value is -1.87. The highest BCUT2D eigenvalue weighted by atomic mass is 16.5. The van der Waals surface area contributed by atoms with E-state index in [0.717, 1.165) is 28.2 Å². The van der Waals surface area contributed by atoms with Crippen LogP contribution in [0.1, 0.15) is 16.7 Å². The van der Waals surface area contributed by atoms with Crippen LogP contribution in [-0.4, -0.2) is 4.98 Å². The minimum atomic E-state index is 0.553. The summed E-state index contributed by atoms with van der Waals surface area (Å²) in [5.74, 6) is 1.69. The van der Waals surface area contributed by atoms with Crippen LogP contribution in [0, 0.1) is 13.8 Å². The highest BCUT2D eigenvalue weighted by Gasteiger charge is 2.07. The first-order chi connectivity index (χ1) is 8.20. The Morgan fingerprint density at radius 1 is 1.12 bits per heavy atom. The van der Waals surface area contributed by atoms with E-state index in [-0.39, 0.29) is 0 Å². The van der Waals surface area contributed by atoms with Crippen LogP contribution in [0.25, 0.3) is 0 Å². The normalized spacial score (nSPS) is 10.3. The third-order valence-corrected chi connectivity index (χ3v) is 2.63. The van der Waals surface area contributed by atoms with Crippen LogP contribution in [0.4, 0.5) is 0 Å². The Kier molecular flexibility index (Phi) is 3.40. The molecule has 1 aromatic heterocycles. The van der Waals surface area contributed by atoms with Gasteiger partial charge in [-0.3, -0.25) is 4.98 Å². The number of rotatable bonds is 3. The summed E-state index contributed by atoms with van der Waals surface area (Å²) in [4.78, 5) is 3.96. The van der Waals surface area contributed by atoms with E-state index in [1.54, 1.807) is 12.4 Å². The van der Waals surface area contributed by atoms with Gasteiger partial charge in [-0.2, -0.15) is 0 Å². The molecule has 3 heteroatoms. The van der Waals surface area contributed by atoms with Crippen LogP contribution in [0.5, 0.6) is 11.5 Å². The number of aryl methyl sites for hydroxylation is 2. The summed E-state index contributed by atoms with van der Waals surface area (Å²) >= 11 is 0. The maximum absolute atomic E-state index is 5.86. The Morgan fingerprint density at radius 3 is 2.24 bits per heavy atom. The zero-order chi connectivity index (χ0) is 12.3. The number of hydrogen-bond acceptors (Lipinski definition) is 3. The van der Waals surface area contributed by atoms with Crippen molar-refractivity contribution < 1.29 is 4.74 Å². The van der Waals surface area contributed by atoms with Crippen molar-refractivity contribution in [3.63, 3.8) is 0 Å². The van der Waals surface area contributed by atoms with Gasteiger partial charge in [-0.25, -0.2) is 0 Å². The molecule has 0 aliphatic rings. The SMILES string of the molecule is Cc1cc(CN)cc(C)c1Oc1ccncc1. The molecule has 0 spiro atoms. The molecule has 1 aromatic carbocycles. The van der Waals surface area contributed by atoms with Crippen LogP contribution >= 0.6 is 0 Å². The largest absolute Gasteiger partial charge is 0.457 e. The Morgan fingerprint density at radius 2 is 1.71 bits per heavy atom. The van der Waals surface area contributed by atoms with E-state index >= 15 is 0 Å². The van der Waals surface area contributed by atoms with Gasteiger partial charge in [-0.15, -0.1) is 0 Å². The van der Waals surface area contributed by atoms with Gasteiger partial charge in [0.15, 0.2) is 0 Å². The Bertz CT molecular complexity index is 486. The summed E-state index contributed by atoms with van der Waals surface area (Å²) in [6.07, 6.45) is 3.43. The number of aromatic nitrogens is 1. The van der Waals surface area contributed by atoms with Gasteiger partial charge >= 0.3 is 0 Å². The number of benzene rings is 1. The fraction of sp³-hybridized carbons (Fsp3) is 0.214. The molecule has 0 aliphatic heterocycles. The molecule has 2 aromatic rings. The first-order valence-electron chi connectivity index (χ1n) is 5.59. The van der Waals surface area contributed by atoms with Crippen molar-refractivity contribution in [2.24, 2.45) is 5.73 Å². The first-order valence-corrected chi connectivity index (χ1v) is 5.59. The standard InChI is InChI=1S/C14H16N2O/c1-10-7-12(9-15)8-11(2)14(10)17-13-3-5-16-6-4-13/h3-8H,9,15H2,1-2H3. The zero-order valence-corrected chi connectivity index (χ0v) is 10.1. The zero-order valence-electron chi connectivity index (χ0n) is 10.1. The molecular formula is C14H16N2O. The lowest BCUT2D eigenvalue weighted by atomic mass is 10.1. The van der Waals surface area contributed by atoms with E-state index in [1.165, 1.54) is 0 Å². The lowest BCUT2D eigenvalue weighted by Crippen LogP contribution is -1.99. The van der Waals surface area contributed by atoms with Crippen molar-refractivity contribution >= 4 is 0 Å². The number of nitrogens with zero attached hydrogens (tertiary/aromatic N) is 1. The third-order valence-electron chi connectivity index (χ3n) is 2.63. The summed E-state index contributed by atoms with van der Waals surface area (Å²) < 4.78 is 5.86. The van der Waals surface area contributed by atoms with E-state index in [9.17, 15) is 0 Å². The number of nitrogens with two attached hydrogens (primary N) is 1. The smallest absolute Gasteiger partial charge is 0.133 e. The molecular weight excluding hydrogens is 212 g/mol. The van der Waals surface area contributed by atoms with Crippen molar-refractivity contribution in [2.45, 2.75) is 20.4 Å². The average molecular weight is 228 g/mol. The predicted octanol–water partition coefficient (Wildman–Crippen LogP) is 2.95. The van der Waals surface area contributed by atoms with E-state index in [1.807, 2.05) is 26.0 Å². The quantitative estimate of drug-likeness (QED) is 0.878. The fourth-order valence-electron chi connectivity index (χ4n) is 1.84. The maximum atomic E-state index is 5.86. The summed E-state index contributed by atoms with van der Waals surface area (Å²) in [7, 11) is 0. The minimum Gasteiger partial charge on any atom is -0.457 e. The molecule has 0 radical (unpaired) electrons. The van der Waals surface area contributed by atoms with Crippen LogP contribution in [0.3, 0.4) is 0 Å². The molecule has 0 bridgehead atoms. The Labute approximate surface area is 101 Å². The molecule has 3 nitrogen and oxygen atoms in total. The van der Waals surface area contributed by atoms with Gasteiger partial charge in [0.25, 0.3) is 0 Å². The monoisotopic (exact) mass is 228 g/mol. The van der Waals surface area contributed by atoms with Gasteiger partial charge in [0.2, 0.25) is 0 Å². The molecule has 2 N–H and O–H groups in total. The second-order valence-corrected chi connectivity index (χ2v) is 4.05. The van der Waals surface area contributed by atoms with Crippen LogP contribution in [-0.2, 0) is 6.54 Å². The van der Waals surface area contributed by atoms with Gasteiger partial charge in [-0.05, 0) is 42.7 Å². The lowest BCUT2D eigenvalue weighted by molar-refractivity contribution is 0.474. The molecule has 0 amide bonds. The summed E-state index contributed by atoms with van der Waals surface area (Å²) in [6, 6.07) is 7.80. The topological polar surface area (TPSA) is 48.1 Å². The van der Waals surface area contributed by atoms with Crippen molar-refractivity contribution in [1.29, 1.82) is 0 Å². The molecule has 0 saturated carbocycles. The maximum Gasteiger partial charge on any atom is 0.133 e. The number of ether oxygens (including phenoxy) is 1. The molecule has 0 aliphatic carbocycles. The van der Waals surface area contributed by atoms with Gasteiger partial charge in [0.05, 0.1) is 0 Å². The number of hydrogen-bond donors (Lipinski definition) is 1. The predicted molar refractivity (Wildman–Crippen MR) is 68.1 cm³/mol. The van der Waals surface area contributed by atoms with Gasteiger partial charge in [0, 0.05) is 18.9 Å². The fourth-order valence-corrected chi connectivity index (χ4v) is 1.84. The summed E-state index contributed by atoms with van der Waals surface area (Å²) in [5.41, 5.74) is 8.97. The van der Waals surface area contributed by atoms with E-state index < -0.39 is 0 Å². The van der Waals surface area contributed by atoms with Gasteiger partial charge in [0.1, 0.15) is 11.5 Å². The van der Waals surface area contributed by atoms with Crippen molar-refractivity contribution in [3.05, 3.63) is 53.3 Å².